The second-order valence-corrected chi connectivity index (χ2v) is 23.2. The summed E-state index contributed by atoms with van der Waals surface area (Å²) >= 11 is 0. The fraction of sp³-hybridized carbons (Fsp3) is 0.800. The van der Waals surface area contributed by atoms with Crippen LogP contribution in [-0.4, -0.2) is 99.6 Å². The van der Waals surface area contributed by atoms with Crippen LogP contribution in [0.2, 0.25) is 0 Å². The van der Waals surface area contributed by atoms with Crippen molar-refractivity contribution in [3.05, 3.63) is 72.9 Å². The molecule has 0 bridgehead atoms. The van der Waals surface area contributed by atoms with Crippen molar-refractivity contribution in [3.63, 3.8) is 0 Å². The topological polar surface area (TPSA) is 175 Å². The SMILES string of the molecule is CC/C=C\C/C=C\C/C=C\C/C=C\C/C=C\CCCCCCCC(=O)OC1C(OCC(NC(=O)C(O)CCCCCCCCCCCCCCCCCCCCCC)C(O)/C=C/CCCCCCCCCCC)OC(CO)C(O)C1O. The summed E-state index contributed by atoms with van der Waals surface area (Å²) in [5.41, 5.74) is 0. The highest BCUT2D eigenvalue weighted by atomic mass is 16.7. The number of aliphatic hydroxyl groups is 5. The van der Waals surface area contributed by atoms with Crippen LogP contribution < -0.4 is 5.32 Å². The number of esters is 1. The van der Waals surface area contributed by atoms with Crippen LogP contribution in [-0.2, 0) is 23.8 Å². The quantitative estimate of drug-likeness (QED) is 0.0195. The van der Waals surface area contributed by atoms with Gasteiger partial charge in [0, 0.05) is 6.42 Å². The van der Waals surface area contributed by atoms with Gasteiger partial charge in [-0.2, -0.15) is 0 Å². The minimum atomic E-state index is -1.62. The molecule has 0 aromatic carbocycles. The number of unbranched alkanes of at least 4 members (excludes halogenated alkanes) is 33. The van der Waals surface area contributed by atoms with Crippen molar-refractivity contribution >= 4 is 11.9 Å². The van der Waals surface area contributed by atoms with E-state index in [-0.39, 0.29) is 13.0 Å². The third-order valence-corrected chi connectivity index (χ3v) is 15.6. The van der Waals surface area contributed by atoms with Gasteiger partial charge in [0.25, 0.3) is 0 Å². The Balaban J connectivity index is 2.61. The Hall–Kier alpha value is -2.90. The maximum Gasteiger partial charge on any atom is 0.306 e. The summed E-state index contributed by atoms with van der Waals surface area (Å²) in [7, 11) is 0. The molecule has 0 saturated carbocycles. The average Bonchev–Trinajstić information content (AvgIpc) is 3.50. The first kappa shape index (κ1) is 76.1. The molecule has 1 aliphatic heterocycles. The molecule has 11 nitrogen and oxygen atoms in total. The molecular weight excluding hydrogens is 1010 g/mol. The van der Waals surface area contributed by atoms with E-state index in [0.29, 0.717) is 19.3 Å². The van der Waals surface area contributed by atoms with Crippen molar-refractivity contribution in [2.24, 2.45) is 0 Å². The standard InChI is InChI=1S/C70H125NO10/c1-4-7-10-13-16-19-22-24-26-28-30-32-34-36-38-40-43-46-49-52-55-58-65(75)81-68-67(77)66(76)64(59-72)80-70(68)79-60-61(62(73)56-53-50-47-44-41-21-18-15-12-9-6-3)71-69(78)63(74)57-54-51-48-45-42-39-37-35-33-31-29-27-25-23-20-17-14-11-8-5-2/h7,10,16,19,24,26,30,32,36,38,53,56,61-64,66-68,70,72-74,76-77H,4-6,8-9,11-15,17-18,20-23,25,27-29,31,33-35,37,39-52,54-55,57-60H2,1-3H3,(H,71,78)/b10-7-,19-16-,26-24-,32-30-,38-36-,56-53+. The van der Waals surface area contributed by atoms with E-state index in [0.717, 1.165) is 103 Å². The molecule has 0 aromatic heterocycles. The summed E-state index contributed by atoms with van der Waals surface area (Å²) in [6, 6.07) is -1.03. The van der Waals surface area contributed by atoms with E-state index in [1.165, 1.54) is 148 Å². The predicted molar refractivity (Wildman–Crippen MR) is 338 cm³/mol. The maximum absolute atomic E-state index is 13.5. The van der Waals surface area contributed by atoms with E-state index in [1.807, 2.05) is 6.08 Å². The molecule has 1 heterocycles. The van der Waals surface area contributed by atoms with E-state index < -0.39 is 67.4 Å². The molecule has 1 fully saturated rings. The van der Waals surface area contributed by atoms with Gasteiger partial charge in [0.1, 0.15) is 24.4 Å². The molecule has 81 heavy (non-hydrogen) atoms. The molecule has 0 spiro atoms. The summed E-state index contributed by atoms with van der Waals surface area (Å²) in [5, 5.41) is 57.1. The highest BCUT2D eigenvalue weighted by Crippen LogP contribution is 2.26. The molecule has 0 radical (unpaired) electrons. The third-order valence-electron chi connectivity index (χ3n) is 15.6. The normalized spacial score (nSPS) is 19.1. The van der Waals surface area contributed by atoms with Gasteiger partial charge in [-0.3, -0.25) is 9.59 Å². The zero-order valence-corrected chi connectivity index (χ0v) is 52.1. The number of rotatable bonds is 57. The molecule has 1 rings (SSSR count). The molecule has 1 aliphatic rings. The Labute approximate surface area is 496 Å². The Morgan fingerprint density at radius 3 is 1.33 bits per heavy atom. The maximum atomic E-state index is 13.5. The summed E-state index contributed by atoms with van der Waals surface area (Å²) in [6.07, 6.45) is 63.7. The highest BCUT2D eigenvalue weighted by Gasteiger charge is 2.47. The van der Waals surface area contributed by atoms with E-state index in [9.17, 15) is 35.1 Å². The molecule has 0 aliphatic carbocycles. The van der Waals surface area contributed by atoms with Gasteiger partial charge >= 0.3 is 5.97 Å². The van der Waals surface area contributed by atoms with E-state index in [1.54, 1.807) is 6.08 Å². The van der Waals surface area contributed by atoms with Gasteiger partial charge < -0.3 is 45.1 Å². The van der Waals surface area contributed by atoms with Crippen LogP contribution in [0, 0.1) is 0 Å². The van der Waals surface area contributed by atoms with Crippen molar-refractivity contribution in [2.45, 2.75) is 346 Å². The number of allylic oxidation sites excluding steroid dienone is 11. The number of amides is 1. The van der Waals surface area contributed by atoms with Crippen LogP contribution in [0.3, 0.4) is 0 Å². The number of nitrogens with one attached hydrogen (secondary N) is 1. The van der Waals surface area contributed by atoms with Crippen LogP contribution in [0.25, 0.3) is 0 Å². The second-order valence-electron chi connectivity index (χ2n) is 23.2. The van der Waals surface area contributed by atoms with E-state index >= 15 is 0 Å². The van der Waals surface area contributed by atoms with Gasteiger partial charge in [-0.15, -0.1) is 0 Å². The van der Waals surface area contributed by atoms with E-state index in [4.69, 9.17) is 14.2 Å². The Morgan fingerprint density at radius 2 is 0.889 bits per heavy atom. The Bertz CT molecular complexity index is 1590. The molecule has 6 N–H and O–H groups in total. The number of ether oxygens (including phenoxy) is 3. The van der Waals surface area contributed by atoms with E-state index in [2.05, 4.69) is 86.8 Å². The summed E-state index contributed by atoms with van der Waals surface area (Å²) in [6.45, 7) is 5.69. The van der Waals surface area contributed by atoms with Gasteiger partial charge in [-0.25, -0.2) is 0 Å². The predicted octanol–water partition coefficient (Wildman–Crippen LogP) is 16.7. The average molecular weight is 1140 g/mol. The fourth-order valence-corrected chi connectivity index (χ4v) is 10.3. The third kappa shape index (κ3) is 45.2. The second kappa shape index (κ2) is 57.5. The summed E-state index contributed by atoms with van der Waals surface area (Å²) < 4.78 is 17.6. The monoisotopic (exact) mass is 1140 g/mol. The molecule has 8 unspecified atom stereocenters. The Kier molecular flexibility index (Phi) is 54.1. The number of carbonyl (C=O) groups excluding carboxylic acids is 2. The van der Waals surface area contributed by atoms with Gasteiger partial charge in [-0.1, -0.05) is 293 Å². The number of carbonyl (C=O) groups is 2. The number of hydrogen-bond acceptors (Lipinski definition) is 10. The lowest BCUT2D eigenvalue weighted by atomic mass is 9.99. The van der Waals surface area contributed by atoms with Crippen LogP contribution >= 0.6 is 0 Å². The van der Waals surface area contributed by atoms with Crippen LogP contribution in [0.5, 0.6) is 0 Å². The van der Waals surface area contributed by atoms with Crippen LogP contribution in [0.1, 0.15) is 297 Å². The van der Waals surface area contributed by atoms with Gasteiger partial charge in [0.2, 0.25) is 5.91 Å². The first-order chi connectivity index (χ1) is 39.7. The van der Waals surface area contributed by atoms with Crippen molar-refractivity contribution in [1.82, 2.24) is 5.32 Å². The molecule has 0 aromatic rings. The summed E-state index contributed by atoms with van der Waals surface area (Å²) in [5.74, 6) is -1.21. The number of hydrogen-bond donors (Lipinski definition) is 6. The zero-order chi connectivity index (χ0) is 58.9. The number of aliphatic hydroxyl groups excluding tert-OH is 5. The van der Waals surface area contributed by atoms with Crippen LogP contribution in [0.4, 0.5) is 0 Å². The van der Waals surface area contributed by atoms with Crippen LogP contribution in [0.15, 0.2) is 72.9 Å². The molecule has 1 amide bonds. The zero-order valence-electron chi connectivity index (χ0n) is 52.1. The van der Waals surface area contributed by atoms with Crippen molar-refractivity contribution < 1.29 is 49.3 Å². The fourth-order valence-electron chi connectivity index (χ4n) is 10.3. The Morgan fingerprint density at radius 1 is 0.494 bits per heavy atom. The lowest BCUT2D eigenvalue weighted by molar-refractivity contribution is -0.305. The minimum Gasteiger partial charge on any atom is -0.454 e. The molecule has 1 saturated heterocycles. The molecule has 11 heteroatoms. The lowest BCUT2D eigenvalue weighted by Crippen LogP contribution is -2.61. The highest BCUT2D eigenvalue weighted by molar-refractivity contribution is 5.80. The van der Waals surface area contributed by atoms with Crippen molar-refractivity contribution in [3.8, 4) is 0 Å². The van der Waals surface area contributed by atoms with Crippen molar-refractivity contribution in [2.75, 3.05) is 13.2 Å². The van der Waals surface area contributed by atoms with Gasteiger partial charge in [0.15, 0.2) is 12.4 Å². The van der Waals surface area contributed by atoms with Gasteiger partial charge in [0.05, 0.1) is 25.4 Å². The summed E-state index contributed by atoms with van der Waals surface area (Å²) in [4.78, 5) is 26.6. The molecule has 470 valence electrons. The van der Waals surface area contributed by atoms with Crippen molar-refractivity contribution in [1.29, 1.82) is 0 Å². The van der Waals surface area contributed by atoms with Gasteiger partial charge in [-0.05, 0) is 70.6 Å². The first-order valence-electron chi connectivity index (χ1n) is 33.7. The minimum absolute atomic E-state index is 0.100. The molecular formula is C70H125NO10. The molecule has 8 atom stereocenters. The first-order valence-corrected chi connectivity index (χ1v) is 33.7. The smallest absolute Gasteiger partial charge is 0.306 e. The lowest BCUT2D eigenvalue weighted by Gasteiger charge is -2.41. The largest absolute Gasteiger partial charge is 0.454 e.